The van der Waals surface area contributed by atoms with Crippen molar-refractivity contribution in [2.24, 2.45) is 5.92 Å². The molecule has 9 heteroatoms. The van der Waals surface area contributed by atoms with Crippen molar-refractivity contribution in [3.8, 4) is 23.6 Å². The molecular formula is C26H21N3O5S. The highest BCUT2D eigenvalue weighted by Gasteiger charge is 2.61. The van der Waals surface area contributed by atoms with Crippen molar-refractivity contribution in [1.82, 2.24) is 4.31 Å². The minimum Gasteiger partial charge on any atom is -0.465 e. The molecule has 0 fully saturated rings. The first-order chi connectivity index (χ1) is 16.9. The quantitative estimate of drug-likeness (QED) is 0.460. The number of fused-ring (bicyclic) bond motifs is 1. The van der Waals surface area contributed by atoms with Gasteiger partial charge < -0.3 is 9.47 Å². The van der Waals surface area contributed by atoms with Crippen molar-refractivity contribution < 1.29 is 22.7 Å². The molecule has 3 aromatic rings. The van der Waals surface area contributed by atoms with Crippen molar-refractivity contribution in [1.29, 1.82) is 10.5 Å². The normalized spacial score (nSPS) is 19.1. The molecule has 0 bridgehead atoms. The lowest BCUT2D eigenvalue weighted by molar-refractivity contribution is -0.149. The Morgan fingerprint density at radius 3 is 2.23 bits per heavy atom. The van der Waals surface area contributed by atoms with Gasteiger partial charge in [-0.15, -0.1) is 0 Å². The molecule has 0 N–H and O–H groups in total. The van der Waals surface area contributed by atoms with Crippen molar-refractivity contribution >= 4 is 16.0 Å². The highest BCUT2D eigenvalue weighted by Crippen LogP contribution is 2.49. The molecule has 0 saturated heterocycles. The smallest absolute Gasteiger partial charge is 0.326 e. The summed E-state index contributed by atoms with van der Waals surface area (Å²) >= 11 is 0. The third-order valence-corrected chi connectivity index (χ3v) is 7.64. The highest BCUT2D eigenvalue weighted by atomic mass is 32.2. The predicted molar refractivity (Wildman–Crippen MR) is 125 cm³/mol. The molecule has 2 unspecified atom stereocenters. The fraction of sp³-hybridized carbons (Fsp3) is 0.192. The van der Waals surface area contributed by atoms with Gasteiger partial charge >= 0.3 is 5.97 Å². The molecule has 8 nitrogen and oxygen atoms in total. The zero-order valence-corrected chi connectivity index (χ0v) is 19.6. The first-order valence-corrected chi connectivity index (χ1v) is 12.2. The molecule has 176 valence electrons. The number of benzene rings is 3. The summed E-state index contributed by atoms with van der Waals surface area (Å²) in [5.74, 6) is -1.46. The van der Waals surface area contributed by atoms with Crippen LogP contribution in [0.25, 0.3) is 0 Å². The number of hydrogen-bond donors (Lipinski definition) is 0. The maximum absolute atomic E-state index is 13.6. The number of hydrogen-bond acceptors (Lipinski definition) is 7. The first-order valence-electron chi connectivity index (χ1n) is 10.8. The zero-order chi connectivity index (χ0) is 25.1. The van der Waals surface area contributed by atoms with Crippen LogP contribution in [0, 0.1) is 28.6 Å². The average molecular weight is 488 g/mol. The molecule has 0 amide bonds. The van der Waals surface area contributed by atoms with Gasteiger partial charge in [-0.3, -0.25) is 4.79 Å². The Morgan fingerprint density at radius 1 is 0.971 bits per heavy atom. The van der Waals surface area contributed by atoms with E-state index in [9.17, 15) is 23.7 Å². The SMILES string of the molecule is CCOC(=O)C(C#N)C1(C#N)c2ccccc2S(=O)(=O)N1Cc1ccc(Oc2ccccc2)cc1. The molecular weight excluding hydrogens is 466 g/mol. The van der Waals surface area contributed by atoms with E-state index in [0.29, 0.717) is 17.1 Å². The molecule has 1 heterocycles. The van der Waals surface area contributed by atoms with E-state index in [1.54, 1.807) is 49.4 Å². The summed E-state index contributed by atoms with van der Waals surface area (Å²) in [6, 6.07) is 25.6. The van der Waals surface area contributed by atoms with Crippen molar-refractivity contribution in [3.63, 3.8) is 0 Å². The van der Waals surface area contributed by atoms with Gasteiger partial charge in [0.1, 0.15) is 11.5 Å². The van der Waals surface area contributed by atoms with E-state index in [2.05, 4.69) is 0 Å². The summed E-state index contributed by atoms with van der Waals surface area (Å²) in [6.07, 6.45) is 0. The molecule has 1 aliphatic rings. The third-order valence-electron chi connectivity index (χ3n) is 5.73. The van der Waals surface area contributed by atoms with Gasteiger partial charge in [0.2, 0.25) is 10.0 Å². The number of carbonyl (C=O) groups is 1. The van der Waals surface area contributed by atoms with Crippen molar-refractivity contribution in [3.05, 3.63) is 90.0 Å². The maximum Gasteiger partial charge on any atom is 0.326 e. The molecule has 0 aromatic heterocycles. The van der Waals surface area contributed by atoms with Crippen LogP contribution in [-0.4, -0.2) is 25.3 Å². The highest BCUT2D eigenvalue weighted by molar-refractivity contribution is 7.89. The van der Waals surface area contributed by atoms with Gasteiger partial charge in [-0.2, -0.15) is 14.8 Å². The van der Waals surface area contributed by atoms with Crippen LogP contribution in [0.4, 0.5) is 0 Å². The second kappa shape index (κ2) is 9.59. The van der Waals surface area contributed by atoms with E-state index in [1.807, 2.05) is 30.3 Å². The predicted octanol–water partition coefficient (Wildman–Crippen LogP) is 4.11. The van der Waals surface area contributed by atoms with Crippen molar-refractivity contribution in [2.75, 3.05) is 6.61 Å². The molecule has 2 atom stereocenters. The Kier molecular flexibility index (Phi) is 6.57. The van der Waals surface area contributed by atoms with E-state index in [-0.39, 0.29) is 23.6 Å². The van der Waals surface area contributed by atoms with Gasteiger partial charge in [-0.25, -0.2) is 8.42 Å². The number of carbonyl (C=O) groups excluding carboxylic acids is 1. The van der Waals surface area contributed by atoms with E-state index in [1.165, 1.54) is 18.2 Å². The molecule has 3 aromatic carbocycles. The van der Waals surface area contributed by atoms with Crippen LogP contribution in [0.2, 0.25) is 0 Å². The van der Waals surface area contributed by atoms with Crippen LogP contribution in [0.5, 0.6) is 11.5 Å². The van der Waals surface area contributed by atoms with E-state index < -0.39 is 27.4 Å². The lowest BCUT2D eigenvalue weighted by Crippen LogP contribution is -2.50. The maximum atomic E-state index is 13.6. The van der Waals surface area contributed by atoms with Crippen LogP contribution >= 0.6 is 0 Å². The van der Waals surface area contributed by atoms with Crippen LogP contribution in [0.1, 0.15) is 18.1 Å². The van der Waals surface area contributed by atoms with Gasteiger partial charge in [-0.1, -0.05) is 48.5 Å². The lowest BCUT2D eigenvalue weighted by Gasteiger charge is -2.33. The topological polar surface area (TPSA) is 120 Å². The summed E-state index contributed by atoms with van der Waals surface area (Å²) < 4.78 is 38.9. The van der Waals surface area contributed by atoms with Crippen LogP contribution in [0.15, 0.2) is 83.8 Å². The molecule has 0 saturated carbocycles. The Balaban J connectivity index is 1.75. The molecule has 0 spiro atoms. The fourth-order valence-electron chi connectivity index (χ4n) is 4.13. The van der Waals surface area contributed by atoms with Gasteiger partial charge in [0.25, 0.3) is 0 Å². The van der Waals surface area contributed by atoms with Crippen LogP contribution in [-0.2, 0) is 31.6 Å². The monoisotopic (exact) mass is 487 g/mol. The Labute approximate surface area is 203 Å². The van der Waals surface area contributed by atoms with Gasteiger partial charge in [0, 0.05) is 12.1 Å². The van der Waals surface area contributed by atoms with E-state index in [0.717, 1.165) is 4.31 Å². The summed E-state index contributed by atoms with van der Waals surface area (Å²) in [7, 11) is -4.21. The summed E-state index contributed by atoms with van der Waals surface area (Å²) in [6.45, 7) is 1.31. The van der Waals surface area contributed by atoms with Gasteiger partial charge in [0.05, 0.1) is 23.6 Å². The number of ether oxygens (including phenoxy) is 2. The number of sulfonamides is 1. The molecule has 0 radical (unpaired) electrons. The van der Waals surface area contributed by atoms with E-state index >= 15 is 0 Å². The lowest BCUT2D eigenvalue weighted by atomic mass is 9.79. The van der Waals surface area contributed by atoms with Crippen LogP contribution in [0.3, 0.4) is 0 Å². The number of nitrogens with zero attached hydrogens (tertiary/aromatic N) is 3. The largest absolute Gasteiger partial charge is 0.465 e. The zero-order valence-electron chi connectivity index (χ0n) is 18.8. The fourth-order valence-corrected chi connectivity index (χ4v) is 6.07. The standard InChI is InChI=1S/C26H21N3O5S/c1-2-33-25(30)23(16-27)26(18-28)22-10-6-7-11-24(22)35(31,32)29(26)17-19-12-14-21(15-13-19)34-20-8-4-3-5-9-20/h3-15,23H,2,17H2,1H3. The Morgan fingerprint density at radius 2 is 1.60 bits per heavy atom. The Hall–Kier alpha value is -4.18. The third kappa shape index (κ3) is 4.12. The molecule has 4 rings (SSSR count). The van der Waals surface area contributed by atoms with Gasteiger partial charge in [0.15, 0.2) is 11.5 Å². The Bertz CT molecular complexity index is 1430. The summed E-state index contributed by atoms with van der Waals surface area (Å²) in [5.41, 5.74) is -1.47. The second-order valence-electron chi connectivity index (χ2n) is 7.76. The summed E-state index contributed by atoms with van der Waals surface area (Å²) in [5, 5.41) is 20.2. The number of rotatable bonds is 7. The van der Waals surface area contributed by atoms with Crippen LogP contribution < -0.4 is 4.74 Å². The van der Waals surface area contributed by atoms with Crippen molar-refractivity contribution in [2.45, 2.75) is 23.9 Å². The second-order valence-corrected chi connectivity index (χ2v) is 9.59. The molecule has 35 heavy (non-hydrogen) atoms. The molecule has 1 aliphatic heterocycles. The number of esters is 1. The first kappa shape index (κ1) is 24.0. The minimum absolute atomic E-state index is 0.0181. The molecule has 0 aliphatic carbocycles. The van der Waals surface area contributed by atoms with E-state index in [4.69, 9.17) is 9.47 Å². The summed E-state index contributed by atoms with van der Waals surface area (Å²) in [4.78, 5) is 12.6. The minimum atomic E-state index is -4.21. The number of nitriles is 2. The number of para-hydroxylation sites is 1. The van der Waals surface area contributed by atoms with Gasteiger partial charge in [-0.05, 0) is 42.8 Å². The average Bonchev–Trinajstić information content (AvgIpc) is 3.06.